The number of para-hydroxylation sites is 2. The third-order valence-electron chi connectivity index (χ3n) is 6.40. The number of fused-ring (bicyclic) bond motifs is 2. The van der Waals surface area contributed by atoms with Crippen molar-refractivity contribution in [2.45, 2.75) is 31.9 Å². The van der Waals surface area contributed by atoms with Gasteiger partial charge in [-0.05, 0) is 37.5 Å². The van der Waals surface area contributed by atoms with E-state index >= 15 is 0 Å². The minimum atomic E-state index is -0.852. The van der Waals surface area contributed by atoms with E-state index in [2.05, 4.69) is 5.10 Å². The van der Waals surface area contributed by atoms with Crippen LogP contribution in [0.4, 0.5) is 5.69 Å². The number of aromatic nitrogens is 2. The Kier molecular flexibility index (Phi) is 5.94. The van der Waals surface area contributed by atoms with Crippen LogP contribution >= 0.6 is 0 Å². The summed E-state index contributed by atoms with van der Waals surface area (Å²) in [6.07, 6.45) is 2.12. The largest absolute Gasteiger partial charge is 0.476 e. The van der Waals surface area contributed by atoms with Crippen molar-refractivity contribution in [1.29, 1.82) is 0 Å². The Labute approximate surface area is 200 Å². The van der Waals surface area contributed by atoms with Crippen molar-refractivity contribution in [3.63, 3.8) is 0 Å². The minimum absolute atomic E-state index is 0.0101. The maximum absolute atomic E-state index is 13.5. The molecule has 1 aromatic heterocycles. The maximum atomic E-state index is 13.5. The van der Waals surface area contributed by atoms with Crippen molar-refractivity contribution < 1.29 is 19.1 Å². The number of primary amides is 1. The number of benzene rings is 2. The highest BCUT2D eigenvalue weighted by molar-refractivity contribution is 6.04. The summed E-state index contributed by atoms with van der Waals surface area (Å²) in [5.74, 6) is -1.00. The third-order valence-corrected chi connectivity index (χ3v) is 6.40. The van der Waals surface area contributed by atoms with Gasteiger partial charge < -0.3 is 20.3 Å². The number of nitrogens with zero attached hydrogens (tertiary/aromatic N) is 4. The number of ether oxygens (including phenoxy) is 1. The standard InChI is InChI=1S/C25H25N5O5/c26-23(32)22-16-8-2-3-9-17(16)24(33)30(27-22)15-21(31)29-14-20(25(34)28-12-6-1-7-13-28)35-19-11-5-4-10-18(19)29/h2-5,8-11,20H,1,6-7,12-15H2,(H2,26,32)/t20-/m1/s1. The van der Waals surface area contributed by atoms with E-state index in [1.54, 1.807) is 53.4 Å². The SMILES string of the molecule is NC(=O)c1nn(CC(=O)N2C[C@H](C(=O)N3CCCCC3)Oc3ccccc32)c(=O)c2ccccc12. The van der Waals surface area contributed by atoms with Gasteiger partial charge in [0.05, 0.1) is 17.6 Å². The molecular weight excluding hydrogens is 450 g/mol. The van der Waals surface area contributed by atoms with Crippen molar-refractivity contribution >= 4 is 34.2 Å². The summed E-state index contributed by atoms with van der Waals surface area (Å²) in [7, 11) is 0. The second-order valence-corrected chi connectivity index (χ2v) is 8.69. The molecule has 0 spiro atoms. The summed E-state index contributed by atoms with van der Waals surface area (Å²) < 4.78 is 6.93. The van der Waals surface area contributed by atoms with Crippen LogP contribution in [-0.4, -0.2) is 58.1 Å². The Morgan fingerprint density at radius 2 is 1.66 bits per heavy atom. The lowest BCUT2D eigenvalue weighted by Crippen LogP contribution is -2.53. The number of hydrogen-bond acceptors (Lipinski definition) is 6. The van der Waals surface area contributed by atoms with E-state index in [4.69, 9.17) is 10.5 Å². The summed E-state index contributed by atoms with van der Waals surface area (Å²) in [6, 6.07) is 13.4. The van der Waals surface area contributed by atoms with Crippen LogP contribution in [0.15, 0.2) is 53.3 Å². The summed E-state index contributed by atoms with van der Waals surface area (Å²) in [6.45, 7) is 0.917. The lowest BCUT2D eigenvalue weighted by Gasteiger charge is -2.37. The maximum Gasteiger partial charge on any atom is 0.275 e. The normalized spacial score (nSPS) is 17.5. The van der Waals surface area contributed by atoms with E-state index in [1.165, 1.54) is 4.90 Å². The Balaban J connectivity index is 1.47. The molecule has 2 N–H and O–H groups in total. The predicted molar refractivity (Wildman–Crippen MR) is 128 cm³/mol. The van der Waals surface area contributed by atoms with Gasteiger partial charge in [-0.1, -0.05) is 30.3 Å². The highest BCUT2D eigenvalue weighted by Crippen LogP contribution is 2.34. The Morgan fingerprint density at radius 1 is 0.971 bits per heavy atom. The van der Waals surface area contributed by atoms with E-state index in [-0.39, 0.29) is 23.5 Å². The van der Waals surface area contributed by atoms with Crippen molar-refractivity contribution in [2.75, 3.05) is 24.5 Å². The molecule has 1 atom stereocenters. The molecule has 3 amide bonds. The van der Waals surface area contributed by atoms with Gasteiger partial charge in [0.25, 0.3) is 17.4 Å². The molecule has 2 aromatic carbocycles. The molecule has 10 heteroatoms. The van der Waals surface area contributed by atoms with Crippen molar-refractivity contribution in [3.05, 3.63) is 64.6 Å². The van der Waals surface area contributed by atoms with E-state index in [9.17, 15) is 19.2 Å². The molecular formula is C25H25N5O5. The van der Waals surface area contributed by atoms with Crippen LogP contribution in [0.2, 0.25) is 0 Å². The smallest absolute Gasteiger partial charge is 0.275 e. The molecule has 0 saturated carbocycles. The monoisotopic (exact) mass is 475 g/mol. The van der Waals surface area contributed by atoms with Crippen LogP contribution in [0, 0.1) is 0 Å². The Morgan fingerprint density at radius 3 is 2.40 bits per heavy atom. The van der Waals surface area contributed by atoms with Gasteiger partial charge in [0.15, 0.2) is 11.8 Å². The molecule has 10 nitrogen and oxygen atoms in total. The average Bonchev–Trinajstić information content (AvgIpc) is 2.89. The number of likely N-dealkylation sites (tertiary alicyclic amines) is 1. The van der Waals surface area contributed by atoms with Gasteiger partial charge in [0, 0.05) is 18.5 Å². The molecule has 0 bridgehead atoms. The van der Waals surface area contributed by atoms with Gasteiger partial charge in [-0.25, -0.2) is 4.68 Å². The zero-order valence-corrected chi connectivity index (χ0v) is 19.1. The fraction of sp³-hybridized carbons (Fsp3) is 0.320. The van der Waals surface area contributed by atoms with Crippen LogP contribution in [0.5, 0.6) is 5.75 Å². The molecule has 3 heterocycles. The molecule has 3 aromatic rings. The van der Waals surface area contributed by atoms with E-state index in [0.717, 1.165) is 23.9 Å². The molecule has 2 aliphatic rings. The van der Waals surface area contributed by atoms with Crippen LogP contribution in [0.1, 0.15) is 29.8 Å². The molecule has 1 fully saturated rings. The lowest BCUT2D eigenvalue weighted by molar-refractivity contribution is -0.139. The highest BCUT2D eigenvalue weighted by Gasteiger charge is 2.36. The fourth-order valence-electron chi connectivity index (χ4n) is 4.65. The zero-order chi connectivity index (χ0) is 24.5. The van der Waals surface area contributed by atoms with E-state index < -0.39 is 30.0 Å². The summed E-state index contributed by atoms with van der Waals surface area (Å²) in [5.41, 5.74) is 5.39. The first-order chi connectivity index (χ1) is 16.9. The Bertz CT molecular complexity index is 1380. The second kappa shape index (κ2) is 9.21. The number of nitrogens with two attached hydrogens (primary N) is 1. The number of hydrogen-bond donors (Lipinski definition) is 1. The molecule has 1 saturated heterocycles. The van der Waals surface area contributed by atoms with Crippen LogP contribution < -0.4 is 20.9 Å². The van der Waals surface area contributed by atoms with Crippen molar-refractivity contribution in [2.24, 2.45) is 5.73 Å². The molecule has 2 aliphatic heterocycles. The predicted octanol–water partition coefficient (Wildman–Crippen LogP) is 1.30. The molecule has 5 rings (SSSR count). The molecule has 0 aliphatic carbocycles. The van der Waals surface area contributed by atoms with Gasteiger partial charge in [0.1, 0.15) is 12.3 Å². The van der Waals surface area contributed by atoms with Gasteiger partial charge in [-0.2, -0.15) is 5.10 Å². The first-order valence-corrected chi connectivity index (χ1v) is 11.6. The minimum Gasteiger partial charge on any atom is -0.476 e. The molecule has 180 valence electrons. The first-order valence-electron chi connectivity index (χ1n) is 11.6. The molecule has 35 heavy (non-hydrogen) atoms. The van der Waals surface area contributed by atoms with Gasteiger partial charge in [-0.3, -0.25) is 19.2 Å². The van der Waals surface area contributed by atoms with Crippen LogP contribution in [0.25, 0.3) is 10.8 Å². The highest BCUT2D eigenvalue weighted by atomic mass is 16.5. The quantitative estimate of drug-likeness (QED) is 0.606. The average molecular weight is 476 g/mol. The lowest BCUT2D eigenvalue weighted by atomic mass is 10.1. The first kappa shape index (κ1) is 22.6. The summed E-state index contributed by atoms with van der Waals surface area (Å²) in [5, 5.41) is 4.67. The molecule has 0 unspecified atom stereocenters. The van der Waals surface area contributed by atoms with Crippen molar-refractivity contribution in [1.82, 2.24) is 14.7 Å². The van der Waals surface area contributed by atoms with Crippen LogP contribution in [-0.2, 0) is 16.1 Å². The number of amides is 3. The number of carbonyl (C=O) groups excluding carboxylic acids is 3. The second-order valence-electron chi connectivity index (χ2n) is 8.69. The zero-order valence-electron chi connectivity index (χ0n) is 19.1. The fourth-order valence-corrected chi connectivity index (χ4v) is 4.65. The number of carbonyl (C=O) groups is 3. The van der Waals surface area contributed by atoms with Crippen molar-refractivity contribution in [3.8, 4) is 5.75 Å². The number of rotatable bonds is 4. The van der Waals surface area contributed by atoms with Gasteiger partial charge in [0.2, 0.25) is 5.91 Å². The Hall–Kier alpha value is -4.21. The number of piperidine rings is 1. The third kappa shape index (κ3) is 4.23. The van der Waals surface area contributed by atoms with E-state index in [0.29, 0.717) is 29.9 Å². The van der Waals surface area contributed by atoms with Gasteiger partial charge >= 0.3 is 0 Å². The molecule has 0 radical (unpaired) electrons. The number of anilines is 1. The van der Waals surface area contributed by atoms with Gasteiger partial charge in [-0.15, -0.1) is 0 Å². The van der Waals surface area contributed by atoms with Crippen LogP contribution in [0.3, 0.4) is 0 Å². The summed E-state index contributed by atoms with van der Waals surface area (Å²) >= 11 is 0. The summed E-state index contributed by atoms with van der Waals surface area (Å²) in [4.78, 5) is 54.9. The van der Waals surface area contributed by atoms with E-state index in [1.807, 2.05) is 0 Å². The topological polar surface area (TPSA) is 128 Å².